The molecule has 0 saturated heterocycles. The van der Waals surface area contributed by atoms with Crippen molar-refractivity contribution in [1.82, 2.24) is 10.1 Å². The van der Waals surface area contributed by atoms with Crippen molar-refractivity contribution >= 4 is 11.8 Å². The summed E-state index contributed by atoms with van der Waals surface area (Å²) < 4.78 is 5.26. The smallest absolute Gasteiger partial charge is 0.253 e. The van der Waals surface area contributed by atoms with E-state index in [9.17, 15) is 0 Å². The summed E-state index contributed by atoms with van der Waals surface area (Å²) in [5.41, 5.74) is 9.21. The summed E-state index contributed by atoms with van der Waals surface area (Å²) in [5, 5.41) is 4.12. The van der Waals surface area contributed by atoms with Crippen LogP contribution in [0.3, 0.4) is 0 Å². The lowest BCUT2D eigenvalue weighted by molar-refractivity contribution is 0.418. The first-order chi connectivity index (χ1) is 10.9. The summed E-state index contributed by atoms with van der Waals surface area (Å²) in [6.45, 7) is 6.57. The highest BCUT2D eigenvalue weighted by atomic mass is 16.5. The fourth-order valence-electron chi connectivity index (χ4n) is 2.33. The molecule has 0 amide bonds. The highest BCUT2D eigenvalue weighted by Gasteiger charge is 2.14. The Morgan fingerprint density at radius 2 is 1.87 bits per heavy atom. The van der Waals surface area contributed by atoms with E-state index in [0.717, 1.165) is 12.1 Å². The van der Waals surface area contributed by atoms with Crippen molar-refractivity contribution in [1.29, 1.82) is 0 Å². The molecule has 2 aromatic rings. The molecular weight excluding hydrogens is 288 g/mol. The monoisotopic (exact) mass is 314 g/mol. The molecule has 1 unspecified atom stereocenters. The van der Waals surface area contributed by atoms with Crippen molar-refractivity contribution in [3.8, 4) is 0 Å². The minimum absolute atomic E-state index is 0.149. The van der Waals surface area contributed by atoms with E-state index in [-0.39, 0.29) is 5.92 Å². The van der Waals surface area contributed by atoms with Gasteiger partial charge >= 0.3 is 0 Å². The number of rotatable bonds is 5. The average Bonchev–Trinajstić information content (AvgIpc) is 2.95. The Morgan fingerprint density at radius 1 is 1.22 bits per heavy atom. The van der Waals surface area contributed by atoms with Crippen molar-refractivity contribution < 1.29 is 4.52 Å². The van der Waals surface area contributed by atoms with Gasteiger partial charge in [0.25, 0.3) is 5.88 Å². The van der Waals surface area contributed by atoms with Gasteiger partial charge in [0, 0.05) is 26.1 Å². The number of aromatic nitrogens is 1. The van der Waals surface area contributed by atoms with Gasteiger partial charge in [-0.15, -0.1) is 0 Å². The molecule has 0 aliphatic heterocycles. The van der Waals surface area contributed by atoms with Crippen LogP contribution < -0.4 is 5.73 Å². The van der Waals surface area contributed by atoms with E-state index in [1.807, 2.05) is 20.2 Å². The summed E-state index contributed by atoms with van der Waals surface area (Å²) in [7, 11) is 3.66. The minimum atomic E-state index is 0.149. The van der Waals surface area contributed by atoms with Crippen LogP contribution in [-0.4, -0.2) is 30.1 Å². The van der Waals surface area contributed by atoms with E-state index in [1.54, 1.807) is 4.90 Å². The van der Waals surface area contributed by atoms with Crippen molar-refractivity contribution in [2.24, 2.45) is 16.6 Å². The Balaban J connectivity index is 2.13. The second-order valence-corrected chi connectivity index (χ2v) is 6.52. The first-order valence-electron chi connectivity index (χ1n) is 7.93. The first-order valence-corrected chi connectivity index (χ1v) is 7.93. The topological polar surface area (TPSA) is 67.7 Å². The van der Waals surface area contributed by atoms with Crippen LogP contribution >= 0.6 is 0 Å². The quantitative estimate of drug-likeness (QED) is 0.677. The van der Waals surface area contributed by atoms with Gasteiger partial charge < -0.3 is 15.2 Å². The number of hydrogen-bond donors (Lipinski definition) is 1. The highest BCUT2D eigenvalue weighted by molar-refractivity contribution is 5.79. The van der Waals surface area contributed by atoms with E-state index in [2.05, 4.69) is 55.2 Å². The number of guanidine groups is 1. The fourth-order valence-corrected chi connectivity index (χ4v) is 2.33. The fraction of sp³-hybridized carbons (Fsp3) is 0.444. The third-order valence-electron chi connectivity index (χ3n) is 3.77. The number of benzene rings is 1. The molecule has 5 heteroatoms. The molecule has 2 N–H and O–H groups in total. The zero-order chi connectivity index (χ0) is 17.0. The Bertz CT molecular complexity index is 656. The van der Waals surface area contributed by atoms with Crippen LogP contribution in [0.25, 0.3) is 0 Å². The molecule has 5 nitrogen and oxygen atoms in total. The maximum absolute atomic E-state index is 5.79. The minimum Gasteiger partial charge on any atom is -0.369 e. The number of nitrogens with two attached hydrogens (primary N) is 1. The van der Waals surface area contributed by atoms with Gasteiger partial charge in [0.2, 0.25) is 0 Å². The molecule has 0 saturated carbocycles. The summed E-state index contributed by atoms with van der Waals surface area (Å²) >= 11 is 0. The standard InChI is InChI=1S/C18H26N4O/c1-12(2)10-14-6-8-15(9-7-14)13(3)16-11-17(23-21-16)20-18(19)22(4)5/h6-9,11-13H,10H2,1-5H3,(H2,19,20). The van der Waals surface area contributed by atoms with Crippen LogP contribution in [0.2, 0.25) is 0 Å². The summed E-state index contributed by atoms with van der Waals surface area (Å²) in [4.78, 5) is 5.91. The maximum atomic E-state index is 5.79. The van der Waals surface area contributed by atoms with Crippen LogP contribution in [0.4, 0.5) is 5.88 Å². The van der Waals surface area contributed by atoms with Crippen LogP contribution in [0, 0.1) is 5.92 Å². The summed E-state index contributed by atoms with van der Waals surface area (Å²) in [5.74, 6) is 1.63. The van der Waals surface area contributed by atoms with Crippen molar-refractivity contribution in [2.45, 2.75) is 33.1 Å². The van der Waals surface area contributed by atoms with Gasteiger partial charge in [-0.3, -0.25) is 0 Å². The van der Waals surface area contributed by atoms with E-state index in [1.165, 1.54) is 11.1 Å². The maximum Gasteiger partial charge on any atom is 0.253 e. The molecule has 0 aliphatic carbocycles. The number of aliphatic imine (C=N–C) groups is 1. The second kappa shape index (κ2) is 7.31. The van der Waals surface area contributed by atoms with Crippen LogP contribution in [0.15, 0.2) is 39.8 Å². The van der Waals surface area contributed by atoms with Crippen LogP contribution in [0.1, 0.15) is 43.5 Å². The molecule has 0 radical (unpaired) electrons. The van der Waals surface area contributed by atoms with Gasteiger partial charge in [0.1, 0.15) is 0 Å². The van der Waals surface area contributed by atoms with Gasteiger partial charge in [-0.05, 0) is 23.5 Å². The van der Waals surface area contributed by atoms with Crippen molar-refractivity contribution in [3.05, 3.63) is 47.2 Å². The average molecular weight is 314 g/mol. The van der Waals surface area contributed by atoms with Gasteiger partial charge in [-0.25, -0.2) is 0 Å². The Kier molecular flexibility index (Phi) is 5.42. The van der Waals surface area contributed by atoms with Gasteiger partial charge in [-0.1, -0.05) is 50.2 Å². The molecule has 124 valence electrons. The second-order valence-electron chi connectivity index (χ2n) is 6.52. The molecule has 1 atom stereocenters. The number of nitrogens with zero attached hydrogens (tertiary/aromatic N) is 3. The first kappa shape index (κ1) is 17.1. The van der Waals surface area contributed by atoms with E-state index < -0.39 is 0 Å². The zero-order valence-corrected chi connectivity index (χ0v) is 14.6. The van der Waals surface area contributed by atoms with Gasteiger partial charge in [0.15, 0.2) is 5.96 Å². The summed E-state index contributed by atoms with van der Waals surface area (Å²) in [6, 6.07) is 10.5. The third kappa shape index (κ3) is 4.58. The molecule has 0 fully saturated rings. The van der Waals surface area contributed by atoms with E-state index in [4.69, 9.17) is 10.3 Å². The normalized spacial score (nSPS) is 13.4. The molecular formula is C18H26N4O. The molecule has 1 heterocycles. The zero-order valence-electron chi connectivity index (χ0n) is 14.6. The van der Waals surface area contributed by atoms with Crippen LogP contribution in [0.5, 0.6) is 0 Å². The Morgan fingerprint density at radius 3 is 2.43 bits per heavy atom. The molecule has 1 aromatic carbocycles. The molecule has 2 rings (SSSR count). The molecule has 23 heavy (non-hydrogen) atoms. The predicted octanol–water partition coefficient (Wildman–Crippen LogP) is 3.53. The van der Waals surface area contributed by atoms with Gasteiger partial charge in [-0.2, -0.15) is 4.99 Å². The molecule has 0 spiro atoms. The SMILES string of the molecule is CC(C)Cc1ccc(C(C)c2cc(/N=C(\N)N(C)C)on2)cc1. The lowest BCUT2D eigenvalue weighted by Gasteiger charge is -2.10. The van der Waals surface area contributed by atoms with E-state index in [0.29, 0.717) is 17.8 Å². The lowest BCUT2D eigenvalue weighted by atomic mass is 9.95. The third-order valence-corrected chi connectivity index (χ3v) is 3.77. The highest BCUT2D eigenvalue weighted by Crippen LogP contribution is 2.27. The largest absolute Gasteiger partial charge is 0.369 e. The lowest BCUT2D eigenvalue weighted by Crippen LogP contribution is -2.29. The van der Waals surface area contributed by atoms with Crippen molar-refractivity contribution in [3.63, 3.8) is 0 Å². The number of hydrogen-bond acceptors (Lipinski definition) is 3. The van der Waals surface area contributed by atoms with E-state index >= 15 is 0 Å². The van der Waals surface area contributed by atoms with Crippen LogP contribution in [-0.2, 0) is 6.42 Å². The predicted molar refractivity (Wildman–Crippen MR) is 94.0 cm³/mol. The Labute approximate surface area is 138 Å². The molecule has 0 bridgehead atoms. The van der Waals surface area contributed by atoms with Gasteiger partial charge in [0.05, 0.1) is 5.69 Å². The van der Waals surface area contributed by atoms with Crippen molar-refractivity contribution in [2.75, 3.05) is 14.1 Å². The molecule has 0 aliphatic rings. The summed E-state index contributed by atoms with van der Waals surface area (Å²) in [6.07, 6.45) is 1.10. The molecule has 1 aromatic heterocycles. The Hall–Kier alpha value is -2.30.